The van der Waals surface area contributed by atoms with Crippen molar-refractivity contribution in [2.75, 3.05) is 0 Å². The lowest BCUT2D eigenvalue weighted by Crippen LogP contribution is -2.16. The average Bonchev–Trinajstić information content (AvgIpc) is 3.25. The first-order valence-electron chi connectivity index (χ1n) is 9.35. The summed E-state index contributed by atoms with van der Waals surface area (Å²) in [7, 11) is 0. The van der Waals surface area contributed by atoms with E-state index in [0.29, 0.717) is 0 Å². The largest absolute Gasteiger partial charge is 0.485 e. The molecule has 0 N–H and O–H groups in total. The Morgan fingerprint density at radius 3 is 2.59 bits per heavy atom. The molecule has 0 spiro atoms. The van der Waals surface area contributed by atoms with Crippen molar-refractivity contribution in [1.82, 2.24) is 0 Å². The molecule has 3 aromatic carbocycles. The Labute approximate surface area is 157 Å². The van der Waals surface area contributed by atoms with Crippen LogP contribution in [-0.4, -0.2) is 6.10 Å². The van der Waals surface area contributed by atoms with Crippen LogP contribution >= 0.6 is 0 Å². The van der Waals surface area contributed by atoms with Crippen LogP contribution in [0.25, 0.3) is 27.5 Å². The summed E-state index contributed by atoms with van der Waals surface area (Å²) in [5.74, 6) is 1.28. The van der Waals surface area contributed by atoms with E-state index in [0.717, 1.165) is 16.9 Å². The third-order valence-electron chi connectivity index (χ3n) is 5.68. The molecule has 1 aliphatic heterocycles. The van der Waals surface area contributed by atoms with Crippen molar-refractivity contribution in [2.45, 2.75) is 18.9 Å². The molecule has 0 saturated heterocycles. The van der Waals surface area contributed by atoms with Gasteiger partial charge in [0.2, 0.25) is 0 Å². The maximum atomic E-state index is 6.08. The van der Waals surface area contributed by atoms with Crippen LogP contribution in [0.15, 0.2) is 83.3 Å². The van der Waals surface area contributed by atoms with Crippen molar-refractivity contribution >= 4 is 27.5 Å². The number of allylic oxidation sites excluding steroid dienone is 2. The molecule has 2 unspecified atom stereocenters. The number of rotatable bonds is 1. The van der Waals surface area contributed by atoms with Gasteiger partial charge in [0.15, 0.2) is 0 Å². The van der Waals surface area contributed by atoms with Crippen molar-refractivity contribution < 1.29 is 9.15 Å². The summed E-state index contributed by atoms with van der Waals surface area (Å²) in [5, 5.41) is 2.35. The maximum absolute atomic E-state index is 6.08. The fourth-order valence-electron chi connectivity index (χ4n) is 4.31. The molecule has 27 heavy (non-hydrogen) atoms. The van der Waals surface area contributed by atoms with Gasteiger partial charge in [0.25, 0.3) is 0 Å². The average molecular weight is 350 g/mol. The number of furan rings is 1. The minimum Gasteiger partial charge on any atom is -0.485 e. The molecule has 0 bridgehead atoms. The standard InChI is InChI=1S/C25H18O2/c1-15-6-9-23-19(12-15)21-14-17(8-11-25(21)27-23)16-7-10-24-20(13-16)18-4-2-3-5-22(18)26-24/h2-14,20,24H,1H3. The second-order valence-electron chi connectivity index (χ2n) is 7.44. The van der Waals surface area contributed by atoms with Crippen LogP contribution in [0, 0.1) is 6.92 Å². The summed E-state index contributed by atoms with van der Waals surface area (Å²) in [6.07, 6.45) is 6.81. The normalized spacial score (nSPS) is 20.4. The first kappa shape index (κ1) is 14.9. The zero-order chi connectivity index (χ0) is 18.0. The first-order chi connectivity index (χ1) is 13.3. The van der Waals surface area contributed by atoms with Gasteiger partial charge in [0, 0.05) is 22.3 Å². The number of fused-ring (bicyclic) bond motifs is 6. The molecule has 130 valence electrons. The van der Waals surface area contributed by atoms with E-state index in [4.69, 9.17) is 9.15 Å². The molecule has 2 aliphatic rings. The van der Waals surface area contributed by atoms with Crippen molar-refractivity contribution in [2.24, 2.45) is 0 Å². The molecule has 4 aromatic rings. The summed E-state index contributed by atoms with van der Waals surface area (Å²) in [6.45, 7) is 2.12. The van der Waals surface area contributed by atoms with Gasteiger partial charge in [-0.3, -0.25) is 0 Å². The smallest absolute Gasteiger partial charge is 0.135 e. The molecule has 0 saturated carbocycles. The minimum atomic E-state index is 0.104. The zero-order valence-electron chi connectivity index (χ0n) is 15.0. The van der Waals surface area contributed by atoms with E-state index in [1.54, 1.807) is 0 Å². The van der Waals surface area contributed by atoms with Crippen molar-refractivity contribution in [1.29, 1.82) is 0 Å². The van der Waals surface area contributed by atoms with E-state index in [1.807, 2.05) is 6.07 Å². The van der Waals surface area contributed by atoms with Gasteiger partial charge < -0.3 is 9.15 Å². The van der Waals surface area contributed by atoms with Crippen molar-refractivity contribution in [3.63, 3.8) is 0 Å². The van der Waals surface area contributed by atoms with E-state index >= 15 is 0 Å². The summed E-state index contributed by atoms with van der Waals surface area (Å²) in [6, 6.07) is 21.2. The molecule has 2 heteroatoms. The number of hydrogen-bond acceptors (Lipinski definition) is 2. The third-order valence-corrected chi connectivity index (χ3v) is 5.68. The molecule has 2 heterocycles. The van der Waals surface area contributed by atoms with Gasteiger partial charge in [-0.1, -0.05) is 48.0 Å². The van der Waals surface area contributed by atoms with Crippen LogP contribution in [0.4, 0.5) is 0 Å². The highest BCUT2D eigenvalue weighted by molar-refractivity contribution is 6.06. The van der Waals surface area contributed by atoms with E-state index in [-0.39, 0.29) is 12.0 Å². The van der Waals surface area contributed by atoms with Crippen LogP contribution in [0.1, 0.15) is 22.6 Å². The monoisotopic (exact) mass is 350 g/mol. The molecule has 0 radical (unpaired) electrons. The highest BCUT2D eigenvalue weighted by Crippen LogP contribution is 2.43. The van der Waals surface area contributed by atoms with E-state index in [2.05, 4.69) is 79.7 Å². The Morgan fingerprint density at radius 2 is 1.67 bits per heavy atom. The van der Waals surface area contributed by atoms with Crippen LogP contribution in [0.3, 0.4) is 0 Å². The molecule has 0 amide bonds. The second-order valence-corrected chi connectivity index (χ2v) is 7.44. The van der Waals surface area contributed by atoms with Gasteiger partial charge in [-0.2, -0.15) is 0 Å². The van der Waals surface area contributed by atoms with Gasteiger partial charge in [-0.15, -0.1) is 0 Å². The summed E-state index contributed by atoms with van der Waals surface area (Å²) in [4.78, 5) is 0. The number of para-hydroxylation sites is 1. The van der Waals surface area contributed by atoms with Crippen LogP contribution in [0.2, 0.25) is 0 Å². The highest BCUT2D eigenvalue weighted by Gasteiger charge is 2.33. The van der Waals surface area contributed by atoms with Crippen LogP contribution in [0.5, 0.6) is 5.75 Å². The van der Waals surface area contributed by atoms with Gasteiger partial charge >= 0.3 is 0 Å². The summed E-state index contributed by atoms with van der Waals surface area (Å²) >= 11 is 0. The topological polar surface area (TPSA) is 22.4 Å². The molecule has 6 rings (SSSR count). The van der Waals surface area contributed by atoms with Crippen molar-refractivity contribution in [3.05, 3.63) is 95.6 Å². The molecular weight excluding hydrogens is 332 g/mol. The summed E-state index contributed by atoms with van der Waals surface area (Å²) < 4.78 is 12.1. The van der Waals surface area contributed by atoms with E-state index < -0.39 is 0 Å². The molecule has 1 aromatic heterocycles. The van der Waals surface area contributed by atoms with Gasteiger partial charge in [-0.25, -0.2) is 0 Å². The zero-order valence-corrected chi connectivity index (χ0v) is 15.0. The third kappa shape index (κ3) is 2.20. The highest BCUT2D eigenvalue weighted by atomic mass is 16.5. The summed E-state index contributed by atoms with van der Waals surface area (Å²) in [5.41, 5.74) is 6.85. The van der Waals surface area contributed by atoms with E-state index in [1.165, 1.54) is 33.0 Å². The lowest BCUT2D eigenvalue weighted by Gasteiger charge is -2.18. The number of hydrogen-bond donors (Lipinski definition) is 0. The Morgan fingerprint density at radius 1 is 0.852 bits per heavy atom. The van der Waals surface area contributed by atoms with Crippen LogP contribution < -0.4 is 4.74 Å². The fourth-order valence-corrected chi connectivity index (χ4v) is 4.31. The predicted molar refractivity (Wildman–Crippen MR) is 109 cm³/mol. The van der Waals surface area contributed by atoms with Crippen molar-refractivity contribution in [3.8, 4) is 5.75 Å². The Kier molecular flexibility index (Phi) is 2.96. The Balaban J connectivity index is 1.49. The lowest BCUT2D eigenvalue weighted by molar-refractivity contribution is 0.269. The SMILES string of the molecule is Cc1ccc2oc3ccc(C4=CC5c6ccccc6OC5C=C4)cc3c2c1. The predicted octanol–water partition coefficient (Wildman–Crippen LogP) is 6.39. The lowest BCUT2D eigenvalue weighted by atomic mass is 9.87. The fraction of sp³-hybridized carbons (Fsp3) is 0.120. The number of aryl methyl sites for hydroxylation is 1. The van der Waals surface area contributed by atoms with Crippen LogP contribution in [-0.2, 0) is 0 Å². The minimum absolute atomic E-state index is 0.104. The number of benzene rings is 3. The maximum Gasteiger partial charge on any atom is 0.135 e. The van der Waals surface area contributed by atoms with Gasteiger partial charge in [-0.05, 0) is 54.5 Å². The van der Waals surface area contributed by atoms with Gasteiger partial charge in [0.05, 0.1) is 0 Å². The molecule has 1 aliphatic carbocycles. The first-order valence-corrected chi connectivity index (χ1v) is 9.35. The molecule has 2 atom stereocenters. The van der Waals surface area contributed by atoms with E-state index in [9.17, 15) is 0 Å². The second kappa shape index (κ2) is 5.37. The quantitative estimate of drug-likeness (QED) is 0.397. The molecule has 0 fully saturated rings. The Hall–Kier alpha value is -3.26. The number of ether oxygens (including phenoxy) is 1. The van der Waals surface area contributed by atoms with Gasteiger partial charge in [0.1, 0.15) is 23.0 Å². The molecular formula is C25H18O2. The Bertz CT molecular complexity index is 1270. The molecule has 2 nitrogen and oxygen atoms in total.